The summed E-state index contributed by atoms with van der Waals surface area (Å²) in [6.45, 7) is 5.58. The molecule has 0 aliphatic carbocycles. The van der Waals surface area contributed by atoms with Crippen LogP contribution >= 0.6 is 0 Å². The highest BCUT2D eigenvalue weighted by Crippen LogP contribution is 2.12. The van der Waals surface area contributed by atoms with Gasteiger partial charge in [0.25, 0.3) is 0 Å². The molecule has 19 heavy (non-hydrogen) atoms. The van der Waals surface area contributed by atoms with Crippen LogP contribution in [0.5, 0.6) is 0 Å². The van der Waals surface area contributed by atoms with Gasteiger partial charge in [-0.2, -0.15) is 0 Å². The first kappa shape index (κ1) is 13.7. The fourth-order valence-corrected chi connectivity index (χ4v) is 2.25. The number of hydrogen-bond donors (Lipinski definition) is 0. The largest absolute Gasteiger partial charge is 0.372 e. The summed E-state index contributed by atoms with van der Waals surface area (Å²) in [5.74, 6) is 0.792. The number of amides is 1. The Morgan fingerprint density at radius 3 is 2.68 bits per heavy atom. The van der Waals surface area contributed by atoms with Gasteiger partial charge >= 0.3 is 0 Å². The summed E-state index contributed by atoms with van der Waals surface area (Å²) in [5, 5.41) is 0. The molecule has 0 aromatic carbocycles. The van der Waals surface area contributed by atoms with Crippen molar-refractivity contribution in [2.45, 2.75) is 26.1 Å². The van der Waals surface area contributed by atoms with Crippen LogP contribution in [0.4, 0.5) is 5.82 Å². The summed E-state index contributed by atoms with van der Waals surface area (Å²) in [5.41, 5.74) is 0. The maximum absolute atomic E-state index is 12.3. The quantitative estimate of drug-likeness (QED) is 0.798. The standard InChI is InChI=1S/C13H20N4O2/c1-10-7-17(8-11(2)19-10)13(18)9-16(3)12-6-14-4-5-15-12/h4-6,10-11H,7-9H2,1-3H3. The molecule has 1 fully saturated rings. The lowest BCUT2D eigenvalue weighted by Crippen LogP contribution is -2.50. The first-order chi connectivity index (χ1) is 9.06. The smallest absolute Gasteiger partial charge is 0.242 e. The minimum Gasteiger partial charge on any atom is -0.372 e. The van der Waals surface area contributed by atoms with Gasteiger partial charge in [0.05, 0.1) is 24.9 Å². The SMILES string of the molecule is CC1CN(C(=O)CN(C)c2cnccn2)CC(C)O1. The van der Waals surface area contributed by atoms with Crippen LogP contribution in [0, 0.1) is 0 Å². The van der Waals surface area contributed by atoms with Crippen LogP contribution in [0.3, 0.4) is 0 Å². The third-order valence-corrected chi connectivity index (χ3v) is 3.09. The molecule has 2 atom stereocenters. The highest BCUT2D eigenvalue weighted by molar-refractivity contribution is 5.81. The lowest BCUT2D eigenvalue weighted by atomic mass is 10.2. The van der Waals surface area contributed by atoms with Crippen LogP contribution in [-0.2, 0) is 9.53 Å². The van der Waals surface area contributed by atoms with Crippen LogP contribution in [-0.4, -0.2) is 59.7 Å². The molecule has 0 bridgehead atoms. The van der Waals surface area contributed by atoms with Crippen LogP contribution in [0.15, 0.2) is 18.6 Å². The van der Waals surface area contributed by atoms with E-state index >= 15 is 0 Å². The first-order valence-corrected chi connectivity index (χ1v) is 6.46. The Morgan fingerprint density at radius 1 is 1.42 bits per heavy atom. The van der Waals surface area contributed by atoms with Crippen molar-refractivity contribution in [1.82, 2.24) is 14.9 Å². The summed E-state index contributed by atoms with van der Waals surface area (Å²) in [7, 11) is 1.84. The van der Waals surface area contributed by atoms with E-state index in [0.717, 1.165) is 0 Å². The molecule has 1 aromatic heterocycles. The fourth-order valence-electron chi connectivity index (χ4n) is 2.25. The van der Waals surface area contributed by atoms with Gasteiger partial charge in [-0.05, 0) is 13.8 Å². The van der Waals surface area contributed by atoms with E-state index in [-0.39, 0.29) is 18.1 Å². The van der Waals surface area contributed by atoms with Gasteiger partial charge in [0.2, 0.25) is 5.91 Å². The Labute approximate surface area is 113 Å². The Bertz CT molecular complexity index is 416. The van der Waals surface area contributed by atoms with Gasteiger partial charge < -0.3 is 14.5 Å². The zero-order valence-corrected chi connectivity index (χ0v) is 11.6. The Hall–Kier alpha value is -1.69. The van der Waals surface area contributed by atoms with Gasteiger partial charge in [-0.3, -0.25) is 9.78 Å². The van der Waals surface area contributed by atoms with Crippen molar-refractivity contribution >= 4 is 11.7 Å². The zero-order valence-electron chi connectivity index (χ0n) is 11.6. The minimum absolute atomic E-state index is 0.0922. The average Bonchev–Trinajstić information content (AvgIpc) is 2.38. The average molecular weight is 264 g/mol. The third kappa shape index (κ3) is 3.64. The molecule has 6 nitrogen and oxygen atoms in total. The van der Waals surface area contributed by atoms with E-state index in [1.165, 1.54) is 0 Å². The monoisotopic (exact) mass is 264 g/mol. The van der Waals surface area contributed by atoms with Crippen molar-refractivity contribution < 1.29 is 9.53 Å². The van der Waals surface area contributed by atoms with E-state index < -0.39 is 0 Å². The van der Waals surface area contributed by atoms with Crippen molar-refractivity contribution in [3.05, 3.63) is 18.6 Å². The van der Waals surface area contributed by atoms with Crippen LogP contribution in [0.2, 0.25) is 0 Å². The molecule has 0 radical (unpaired) electrons. The maximum atomic E-state index is 12.3. The number of nitrogens with zero attached hydrogens (tertiary/aromatic N) is 4. The molecule has 2 heterocycles. The first-order valence-electron chi connectivity index (χ1n) is 6.46. The van der Waals surface area contributed by atoms with Gasteiger partial charge in [0.1, 0.15) is 5.82 Å². The van der Waals surface area contributed by atoms with E-state index in [1.807, 2.05) is 25.8 Å². The molecule has 0 spiro atoms. The number of anilines is 1. The van der Waals surface area contributed by atoms with Gasteiger partial charge in [-0.25, -0.2) is 4.98 Å². The summed E-state index contributed by atoms with van der Waals surface area (Å²) in [4.78, 5) is 24.1. The van der Waals surface area contributed by atoms with Gasteiger partial charge in [-0.1, -0.05) is 0 Å². The van der Waals surface area contributed by atoms with Crippen LogP contribution < -0.4 is 4.90 Å². The molecule has 1 aliphatic rings. The van der Waals surface area contributed by atoms with Crippen molar-refractivity contribution in [2.75, 3.05) is 31.6 Å². The number of hydrogen-bond acceptors (Lipinski definition) is 5. The molecule has 2 unspecified atom stereocenters. The molecule has 1 aromatic rings. The number of carbonyl (C=O) groups excluding carboxylic acids is 1. The van der Waals surface area contributed by atoms with Gasteiger partial charge in [0, 0.05) is 32.5 Å². The molecule has 0 N–H and O–H groups in total. The van der Waals surface area contributed by atoms with Crippen LogP contribution in [0.1, 0.15) is 13.8 Å². The second-order valence-corrected chi connectivity index (χ2v) is 4.98. The number of rotatable bonds is 3. The van der Waals surface area contributed by atoms with Crippen LogP contribution in [0.25, 0.3) is 0 Å². The van der Waals surface area contributed by atoms with Gasteiger partial charge in [0.15, 0.2) is 0 Å². The molecule has 0 saturated carbocycles. The van der Waals surface area contributed by atoms with E-state index in [0.29, 0.717) is 25.5 Å². The zero-order chi connectivity index (χ0) is 13.8. The molecule has 6 heteroatoms. The minimum atomic E-state index is 0.0922. The highest BCUT2D eigenvalue weighted by atomic mass is 16.5. The predicted molar refractivity (Wildman–Crippen MR) is 71.9 cm³/mol. The van der Waals surface area contributed by atoms with E-state index in [1.54, 1.807) is 23.5 Å². The number of aromatic nitrogens is 2. The lowest BCUT2D eigenvalue weighted by Gasteiger charge is -2.36. The Balaban J connectivity index is 1.93. The third-order valence-electron chi connectivity index (χ3n) is 3.09. The second-order valence-electron chi connectivity index (χ2n) is 4.98. The number of carbonyl (C=O) groups is 1. The molecule has 1 aliphatic heterocycles. The maximum Gasteiger partial charge on any atom is 0.242 e. The molecule has 2 rings (SSSR count). The number of ether oxygens (including phenoxy) is 1. The van der Waals surface area contributed by atoms with E-state index in [9.17, 15) is 4.79 Å². The highest BCUT2D eigenvalue weighted by Gasteiger charge is 2.26. The van der Waals surface area contributed by atoms with Crippen molar-refractivity contribution in [3.8, 4) is 0 Å². The van der Waals surface area contributed by atoms with Gasteiger partial charge in [-0.15, -0.1) is 0 Å². The topological polar surface area (TPSA) is 58.6 Å². The Kier molecular flexibility index (Phi) is 4.31. The molecule has 1 amide bonds. The van der Waals surface area contributed by atoms with E-state index in [2.05, 4.69) is 9.97 Å². The van der Waals surface area contributed by atoms with E-state index in [4.69, 9.17) is 4.74 Å². The molecule has 104 valence electrons. The molecule has 1 saturated heterocycles. The van der Waals surface area contributed by atoms with Crippen molar-refractivity contribution in [2.24, 2.45) is 0 Å². The molecular formula is C13H20N4O2. The predicted octanol–water partition coefficient (Wildman–Crippen LogP) is 0.549. The summed E-state index contributed by atoms with van der Waals surface area (Å²) in [6, 6.07) is 0. The second kappa shape index (κ2) is 5.97. The van der Waals surface area contributed by atoms with Crippen molar-refractivity contribution in [3.63, 3.8) is 0 Å². The summed E-state index contributed by atoms with van der Waals surface area (Å²) >= 11 is 0. The summed E-state index contributed by atoms with van der Waals surface area (Å²) in [6.07, 6.45) is 5.07. The Morgan fingerprint density at radius 2 is 2.11 bits per heavy atom. The number of likely N-dealkylation sites (N-methyl/N-ethyl adjacent to an activating group) is 1. The molecular weight excluding hydrogens is 244 g/mol. The van der Waals surface area contributed by atoms with Crippen molar-refractivity contribution in [1.29, 1.82) is 0 Å². The fraction of sp³-hybridized carbons (Fsp3) is 0.615. The number of morpholine rings is 1. The normalized spacial score (nSPS) is 23.2. The lowest BCUT2D eigenvalue weighted by molar-refractivity contribution is -0.141. The summed E-state index contributed by atoms with van der Waals surface area (Å²) < 4.78 is 5.63.